The number of rotatable bonds is 6. The van der Waals surface area contributed by atoms with E-state index in [9.17, 15) is 14.0 Å². The molecule has 1 unspecified atom stereocenters. The molecule has 1 N–H and O–H groups in total. The number of amides is 2. The van der Waals surface area contributed by atoms with Crippen LogP contribution >= 0.6 is 11.6 Å². The third-order valence-electron chi connectivity index (χ3n) is 6.96. The van der Waals surface area contributed by atoms with Crippen molar-refractivity contribution >= 4 is 35.5 Å². The second-order valence-electron chi connectivity index (χ2n) is 11.0. The SMILES string of the molecule is CCOc1cc2c(cc1Cl)N(C(=O)OC(C)(C)C)CC(C(=O)N1CCC(C=N)(Cc3ccc(F)cc3)CC1)O2. The molecule has 0 aliphatic carbocycles. The van der Waals surface area contributed by atoms with Gasteiger partial charge in [-0.05, 0) is 70.7 Å². The summed E-state index contributed by atoms with van der Waals surface area (Å²) in [6.07, 6.45) is 1.66. The van der Waals surface area contributed by atoms with Gasteiger partial charge in [0.1, 0.15) is 22.9 Å². The lowest BCUT2D eigenvalue weighted by molar-refractivity contribution is -0.140. The van der Waals surface area contributed by atoms with Crippen LogP contribution in [0.5, 0.6) is 11.5 Å². The standard InChI is InChI=1S/C29H35ClFN3O5/c1-5-37-23-15-24-22(14-21(23)30)34(27(36)39-28(2,3)4)17-25(38-24)26(35)33-12-10-29(18-32,11-13-33)16-19-6-8-20(31)9-7-19/h6-9,14-15,18,25,32H,5,10-13,16-17H2,1-4H3. The number of nitrogens with one attached hydrogen (secondary N) is 1. The Kier molecular flexibility index (Phi) is 8.39. The summed E-state index contributed by atoms with van der Waals surface area (Å²) in [5.74, 6) is 0.154. The maximum absolute atomic E-state index is 13.7. The molecule has 1 fully saturated rings. The molecular weight excluding hydrogens is 525 g/mol. The van der Waals surface area contributed by atoms with E-state index in [2.05, 4.69) is 0 Å². The van der Waals surface area contributed by atoms with Gasteiger partial charge in [0, 0.05) is 30.8 Å². The molecule has 2 amide bonds. The van der Waals surface area contributed by atoms with E-state index >= 15 is 0 Å². The minimum Gasteiger partial charge on any atom is -0.492 e. The fourth-order valence-electron chi connectivity index (χ4n) is 4.93. The molecule has 0 saturated carbocycles. The summed E-state index contributed by atoms with van der Waals surface area (Å²) in [5, 5.41) is 8.41. The number of anilines is 1. The molecule has 0 radical (unpaired) electrons. The van der Waals surface area contributed by atoms with Gasteiger partial charge in [-0.15, -0.1) is 0 Å². The van der Waals surface area contributed by atoms with Gasteiger partial charge in [-0.25, -0.2) is 9.18 Å². The van der Waals surface area contributed by atoms with Gasteiger partial charge < -0.3 is 24.5 Å². The fraction of sp³-hybridized carbons (Fsp3) is 0.483. The molecule has 2 aromatic carbocycles. The van der Waals surface area contributed by atoms with Crippen LogP contribution in [0.4, 0.5) is 14.9 Å². The van der Waals surface area contributed by atoms with Gasteiger partial charge in [0.15, 0.2) is 6.10 Å². The van der Waals surface area contributed by atoms with Crippen LogP contribution in [-0.2, 0) is 16.0 Å². The van der Waals surface area contributed by atoms with Crippen molar-refractivity contribution in [1.82, 2.24) is 4.90 Å². The molecule has 0 spiro atoms. The minimum absolute atomic E-state index is 0.0349. The van der Waals surface area contributed by atoms with Crippen LogP contribution in [0.25, 0.3) is 0 Å². The second kappa shape index (κ2) is 11.4. The van der Waals surface area contributed by atoms with E-state index in [1.165, 1.54) is 23.2 Å². The van der Waals surface area contributed by atoms with Crippen molar-refractivity contribution in [1.29, 1.82) is 5.41 Å². The van der Waals surface area contributed by atoms with Crippen molar-refractivity contribution in [2.24, 2.45) is 5.41 Å². The first-order valence-corrected chi connectivity index (χ1v) is 13.5. The zero-order valence-electron chi connectivity index (χ0n) is 22.8. The van der Waals surface area contributed by atoms with Gasteiger partial charge in [0.2, 0.25) is 0 Å². The van der Waals surface area contributed by atoms with Gasteiger partial charge in [-0.2, -0.15) is 0 Å². The number of carbonyl (C=O) groups is 2. The molecule has 0 bridgehead atoms. The summed E-state index contributed by atoms with van der Waals surface area (Å²) >= 11 is 6.40. The molecule has 8 nitrogen and oxygen atoms in total. The molecule has 0 aromatic heterocycles. The summed E-state index contributed by atoms with van der Waals surface area (Å²) in [7, 11) is 0. The largest absolute Gasteiger partial charge is 0.492 e. The Balaban J connectivity index is 1.52. The normalized spacial score (nSPS) is 18.6. The van der Waals surface area contributed by atoms with Crippen LogP contribution in [0.1, 0.15) is 46.1 Å². The second-order valence-corrected chi connectivity index (χ2v) is 11.4. The Morgan fingerprint density at radius 1 is 1.21 bits per heavy atom. The molecule has 2 heterocycles. The minimum atomic E-state index is -0.953. The molecule has 2 aliphatic rings. The monoisotopic (exact) mass is 559 g/mol. The molecular formula is C29H35ClFN3O5. The average Bonchev–Trinajstić information content (AvgIpc) is 2.89. The van der Waals surface area contributed by atoms with Crippen LogP contribution in [-0.4, -0.2) is 61.1 Å². The molecule has 4 rings (SSSR count). The number of likely N-dealkylation sites (tertiary alicyclic amines) is 1. The van der Waals surface area contributed by atoms with Crippen LogP contribution in [0, 0.1) is 16.6 Å². The van der Waals surface area contributed by atoms with Gasteiger partial charge >= 0.3 is 6.09 Å². The summed E-state index contributed by atoms with van der Waals surface area (Å²) in [4.78, 5) is 29.9. The number of carbonyl (C=O) groups excluding carboxylic acids is 2. The third kappa shape index (κ3) is 6.64. The van der Waals surface area contributed by atoms with Crippen molar-refractivity contribution in [2.45, 2.75) is 58.7 Å². The lowest BCUT2D eigenvalue weighted by Crippen LogP contribution is -2.55. The van der Waals surface area contributed by atoms with Gasteiger partial charge in [0.05, 0.1) is 23.9 Å². The molecule has 10 heteroatoms. The first-order valence-electron chi connectivity index (χ1n) is 13.1. The predicted octanol–water partition coefficient (Wildman–Crippen LogP) is 5.88. The van der Waals surface area contributed by atoms with Crippen LogP contribution in [0.15, 0.2) is 36.4 Å². The van der Waals surface area contributed by atoms with Crippen LogP contribution < -0.4 is 14.4 Å². The zero-order valence-corrected chi connectivity index (χ0v) is 23.5. The van der Waals surface area contributed by atoms with E-state index in [1.807, 2.05) is 6.92 Å². The molecule has 2 aliphatic heterocycles. The van der Waals surface area contributed by atoms with Crippen molar-refractivity contribution in [3.05, 3.63) is 52.8 Å². The number of nitrogens with zero attached hydrogens (tertiary/aromatic N) is 2. The molecule has 2 aromatic rings. The number of hydrogen-bond donors (Lipinski definition) is 1. The van der Waals surface area contributed by atoms with Gasteiger partial charge in [-0.1, -0.05) is 23.7 Å². The number of hydrogen-bond acceptors (Lipinski definition) is 6. The lowest BCUT2D eigenvalue weighted by Gasteiger charge is -2.42. The van der Waals surface area contributed by atoms with Crippen LogP contribution in [0.3, 0.4) is 0 Å². The van der Waals surface area contributed by atoms with Crippen molar-refractivity contribution in [2.75, 3.05) is 31.1 Å². The summed E-state index contributed by atoms with van der Waals surface area (Å²) < 4.78 is 30.7. The summed E-state index contributed by atoms with van der Waals surface area (Å²) in [5.41, 5.74) is 0.198. The Morgan fingerprint density at radius 2 is 1.87 bits per heavy atom. The first kappa shape index (κ1) is 28.7. The Morgan fingerprint density at radius 3 is 2.46 bits per heavy atom. The highest BCUT2D eigenvalue weighted by molar-refractivity contribution is 6.32. The van der Waals surface area contributed by atoms with E-state index < -0.39 is 23.2 Å². The van der Waals surface area contributed by atoms with E-state index in [1.54, 1.807) is 49.9 Å². The van der Waals surface area contributed by atoms with E-state index in [0.29, 0.717) is 61.2 Å². The number of fused-ring (bicyclic) bond motifs is 1. The number of benzene rings is 2. The topological polar surface area (TPSA) is 92.2 Å². The van der Waals surface area contributed by atoms with Crippen LogP contribution in [0.2, 0.25) is 5.02 Å². The number of ether oxygens (including phenoxy) is 3. The molecule has 210 valence electrons. The maximum atomic E-state index is 13.7. The summed E-state index contributed by atoms with van der Waals surface area (Å²) in [6, 6.07) is 9.49. The van der Waals surface area contributed by atoms with Gasteiger partial charge in [-0.3, -0.25) is 9.69 Å². The Labute approximate surface area is 233 Å². The molecule has 1 saturated heterocycles. The smallest absolute Gasteiger partial charge is 0.415 e. The van der Waals surface area contributed by atoms with Gasteiger partial charge in [0.25, 0.3) is 5.91 Å². The van der Waals surface area contributed by atoms with Crippen molar-refractivity contribution in [3.8, 4) is 11.5 Å². The average molecular weight is 560 g/mol. The molecule has 39 heavy (non-hydrogen) atoms. The number of halogens is 2. The predicted molar refractivity (Wildman–Crippen MR) is 148 cm³/mol. The van der Waals surface area contributed by atoms with E-state index in [0.717, 1.165) is 5.56 Å². The quantitative estimate of drug-likeness (QED) is 0.446. The van der Waals surface area contributed by atoms with E-state index in [-0.39, 0.29) is 18.3 Å². The summed E-state index contributed by atoms with van der Waals surface area (Å²) in [6.45, 7) is 8.36. The van der Waals surface area contributed by atoms with Crippen molar-refractivity contribution < 1.29 is 28.2 Å². The lowest BCUT2D eigenvalue weighted by atomic mass is 9.74. The first-order chi connectivity index (χ1) is 18.4. The number of piperidine rings is 1. The molecule has 1 atom stereocenters. The zero-order chi connectivity index (χ0) is 28.4. The Hall–Kier alpha value is -3.33. The highest BCUT2D eigenvalue weighted by atomic mass is 35.5. The third-order valence-corrected chi connectivity index (χ3v) is 7.25. The fourth-order valence-corrected chi connectivity index (χ4v) is 5.14. The highest BCUT2D eigenvalue weighted by Gasteiger charge is 2.41. The van der Waals surface area contributed by atoms with E-state index in [4.69, 9.17) is 31.2 Å². The Bertz CT molecular complexity index is 1220. The highest BCUT2D eigenvalue weighted by Crippen LogP contribution is 2.42. The van der Waals surface area contributed by atoms with Crippen molar-refractivity contribution in [3.63, 3.8) is 0 Å². The maximum Gasteiger partial charge on any atom is 0.415 e.